The van der Waals surface area contributed by atoms with Crippen molar-refractivity contribution < 1.29 is 4.74 Å². The first-order valence-corrected chi connectivity index (χ1v) is 6.06. The van der Waals surface area contributed by atoms with E-state index < -0.39 is 0 Å². The van der Waals surface area contributed by atoms with Crippen molar-refractivity contribution in [3.63, 3.8) is 0 Å². The molecule has 0 aliphatic rings. The van der Waals surface area contributed by atoms with Crippen LogP contribution in [-0.4, -0.2) is 12.1 Å². The van der Waals surface area contributed by atoms with Gasteiger partial charge in [-0.2, -0.15) is 0 Å². The first-order valence-electron chi connectivity index (χ1n) is 5.68. The van der Waals surface area contributed by atoms with Crippen molar-refractivity contribution in [2.24, 2.45) is 0 Å². The Labute approximate surface area is 112 Å². The van der Waals surface area contributed by atoms with Crippen LogP contribution in [-0.2, 0) is 6.54 Å². The fraction of sp³-hybridized carbons (Fsp3) is 0.214. The summed E-state index contributed by atoms with van der Waals surface area (Å²) in [5.74, 6) is 0.908. The molecule has 0 radical (unpaired) electrons. The van der Waals surface area contributed by atoms with Gasteiger partial charge in [0.05, 0.1) is 7.11 Å². The molecule has 0 saturated carbocycles. The van der Waals surface area contributed by atoms with Gasteiger partial charge in [0.25, 0.3) is 0 Å². The van der Waals surface area contributed by atoms with Crippen LogP contribution < -0.4 is 10.1 Å². The maximum Gasteiger partial charge on any atom is 0.131 e. The molecule has 0 aliphatic heterocycles. The summed E-state index contributed by atoms with van der Waals surface area (Å²) in [4.78, 5) is 3.94. The van der Waals surface area contributed by atoms with Crippen molar-refractivity contribution in [1.29, 1.82) is 0 Å². The first-order chi connectivity index (χ1) is 8.69. The number of rotatable bonds is 4. The van der Waals surface area contributed by atoms with Gasteiger partial charge >= 0.3 is 0 Å². The molecule has 0 fully saturated rings. The average Bonchev–Trinajstić information content (AvgIpc) is 2.37. The fourth-order valence-corrected chi connectivity index (χ4v) is 1.94. The van der Waals surface area contributed by atoms with Crippen LogP contribution >= 0.6 is 11.6 Å². The molecule has 0 atom stereocenters. The normalized spacial score (nSPS) is 10.2. The molecule has 1 N–H and O–H groups in total. The molecule has 0 bridgehead atoms. The van der Waals surface area contributed by atoms with E-state index in [1.807, 2.05) is 25.1 Å². The van der Waals surface area contributed by atoms with Crippen molar-refractivity contribution in [3.8, 4) is 5.75 Å². The van der Waals surface area contributed by atoms with Gasteiger partial charge in [-0.1, -0.05) is 23.7 Å². The molecule has 0 spiro atoms. The van der Waals surface area contributed by atoms with Crippen molar-refractivity contribution in [3.05, 3.63) is 52.8 Å². The number of nitrogens with one attached hydrogen (secondary N) is 1. The highest BCUT2D eigenvalue weighted by Crippen LogP contribution is 2.19. The third-order valence-electron chi connectivity index (χ3n) is 2.68. The summed E-state index contributed by atoms with van der Waals surface area (Å²) in [5, 5.41) is 3.79. The highest BCUT2D eigenvalue weighted by atomic mass is 35.5. The van der Waals surface area contributed by atoms with Gasteiger partial charge in [0.15, 0.2) is 0 Å². The standard InChI is InChI=1S/C14H15ClN2O/c1-10-7-11(3-4-13(10)18-2)9-17-12-5-6-16-14(15)8-12/h3-8H,9H2,1-2H3,(H,16,17). The fourth-order valence-electron chi connectivity index (χ4n) is 1.77. The summed E-state index contributed by atoms with van der Waals surface area (Å²) in [6.45, 7) is 2.77. The summed E-state index contributed by atoms with van der Waals surface area (Å²) in [5.41, 5.74) is 3.29. The number of pyridine rings is 1. The lowest BCUT2D eigenvalue weighted by Crippen LogP contribution is -2.00. The Balaban J connectivity index is 2.04. The van der Waals surface area contributed by atoms with Crippen LogP contribution in [0.1, 0.15) is 11.1 Å². The molecule has 94 valence electrons. The van der Waals surface area contributed by atoms with Crippen LogP contribution in [0.25, 0.3) is 0 Å². The second kappa shape index (κ2) is 5.74. The second-order valence-corrected chi connectivity index (χ2v) is 4.41. The predicted octanol–water partition coefficient (Wildman–Crippen LogP) is 3.66. The summed E-state index contributed by atoms with van der Waals surface area (Å²) >= 11 is 5.82. The average molecular weight is 263 g/mol. The summed E-state index contributed by atoms with van der Waals surface area (Å²) in [6.07, 6.45) is 1.68. The zero-order valence-corrected chi connectivity index (χ0v) is 11.2. The Hall–Kier alpha value is -1.74. The number of aryl methyl sites for hydroxylation is 1. The molecule has 0 aliphatic carbocycles. The number of aromatic nitrogens is 1. The van der Waals surface area contributed by atoms with Crippen LogP contribution in [0.5, 0.6) is 5.75 Å². The number of nitrogens with zero attached hydrogens (tertiary/aromatic N) is 1. The molecule has 4 heteroatoms. The van der Waals surface area contributed by atoms with E-state index in [-0.39, 0.29) is 0 Å². The monoisotopic (exact) mass is 262 g/mol. The molecule has 3 nitrogen and oxygen atoms in total. The van der Waals surface area contributed by atoms with E-state index in [0.29, 0.717) is 5.15 Å². The summed E-state index contributed by atoms with van der Waals surface area (Å²) in [7, 11) is 1.68. The van der Waals surface area contributed by atoms with E-state index in [9.17, 15) is 0 Å². The first kappa shape index (κ1) is 12.7. The van der Waals surface area contributed by atoms with Crippen molar-refractivity contribution in [1.82, 2.24) is 4.98 Å². The van der Waals surface area contributed by atoms with Crippen LogP contribution in [0, 0.1) is 6.92 Å². The third kappa shape index (κ3) is 3.14. The molecule has 0 amide bonds. The van der Waals surface area contributed by atoms with Crippen molar-refractivity contribution in [2.75, 3.05) is 12.4 Å². The lowest BCUT2D eigenvalue weighted by molar-refractivity contribution is 0.411. The Kier molecular flexibility index (Phi) is 4.05. The smallest absolute Gasteiger partial charge is 0.131 e. The summed E-state index contributed by atoms with van der Waals surface area (Å²) in [6, 6.07) is 9.82. The van der Waals surface area contributed by atoms with Crippen LogP contribution in [0.15, 0.2) is 36.5 Å². The lowest BCUT2D eigenvalue weighted by atomic mass is 10.1. The number of anilines is 1. The van der Waals surface area contributed by atoms with Crippen molar-refractivity contribution in [2.45, 2.75) is 13.5 Å². The molecule has 0 saturated heterocycles. The number of methoxy groups -OCH3 is 1. The van der Waals surface area contributed by atoms with E-state index in [1.165, 1.54) is 5.56 Å². The zero-order chi connectivity index (χ0) is 13.0. The maximum absolute atomic E-state index is 5.82. The number of ether oxygens (including phenoxy) is 1. The van der Waals surface area contributed by atoms with E-state index in [4.69, 9.17) is 16.3 Å². The highest BCUT2D eigenvalue weighted by Gasteiger charge is 2.00. The maximum atomic E-state index is 5.82. The van der Waals surface area contributed by atoms with Gasteiger partial charge in [-0.3, -0.25) is 0 Å². The number of hydrogen-bond acceptors (Lipinski definition) is 3. The Morgan fingerprint density at radius 3 is 2.78 bits per heavy atom. The van der Waals surface area contributed by atoms with Gasteiger partial charge in [0, 0.05) is 18.4 Å². The largest absolute Gasteiger partial charge is 0.496 e. The Morgan fingerprint density at radius 1 is 1.28 bits per heavy atom. The topological polar surface area (TPSA) is 34.1 Å². The molecule has 1 aromatic carbocycles. The Bertz CT molecular complexity index is 543. The van der Waals surface area contributed by atoms with Gasteiger partial charge in [-0.05, 0) is 36.2 Å². The van der Waals surface area contributed by atoms with Crippen LogP contribution in [0.2, 0.25) is 5.15 Å². The molecule has 18 heavy (non-hydrogen) atoms. The quantitative estimate of drug-likeness (QED) is 0.854. The van der Waals surface area contributed by atoms with E-state index in [2.05, 4.69) is 16.4 Å². The number of halogens is 1. The van der Waals surface area contributed by atoms with Gasteiger partial charge < -0.3 is 10.1 Å². The molecule has 0 unspecified atom stereocenters. The molecule has 1 heterocycles. The third-order valence-corrected chi connectivity index (χ3v) is 2.89. The van der Waals surface area contributed by atoms with Crippen LogP contribution in [0.3, 0.4) is 0 Å². The molecular formula is C14H15ClN2O. The van der Waals surface area contributed by atoms with Gasteiger partial charge in [0.1, 0.15) is 10.9 Å². The molecule has 1 aromatic heterocycles. The second-order valence-electron chi connectivity index (χ2n) is 4.02. The number of hydrogen-bond donors (Lipinski definition) is 1. The minimum Gasteiger partial charge on any atom is -0.496 e. The minimum absolute atomic E-state index is 0.492. The van der Waals surface area contributed by atoms with E-state index >= 15 is 0 Å². The molecule has 2 aromatic rings. The minimum atomic E-state index is 0.492. The van der Waals surface area contributed by atoms with E-state index in [1.54, 1.807) is 19.4 Å². The number of benzene rings is 1. The van der Waals surface area contributed by atoms with Crippen molar-refractivity contribution >= 4 is 17.3 Å². The summed E-state index contributed by atoms with van der Waals surface area (Å²) < 4.78 is 5.23. The van der Waals surface area contributed by atoms with Gasteiger partial charge in [0.2, 0.25) is 0 Å². The Morgan fingerprint density at radius 2 is 2.11 bits per heavy atom. The van der Waals surface area contributed by atoms with Gasteiger partial charge in [-0.15, -0.1) is 0 Å². The van der Waals surface area contributed by atoms with Crippen LogP contribution in [0.4, 0.5) is 5.69 Å². The lowest BCUT2D eigenvalue weighted by Gasteiger charge is -2.09. The zero-order valence-electron chi connectivity index (χ0n) is 10.4. The highest BCUT2D eigenvalue weighted by molar-refractivity contribution is 6.29. The molecular weight excluding hydrogens is 248 g/mol. The van der Waals surface area contributed by atoms with E-state index in [0.717, 1.165) is 23.5 Å². The predicted molar refractivity (Wildman–Crippen MR) is 74.3 cm³/mol. The SMILES string of the molecule is COc1ccc(CNc2ccnc(Cl)c2)cc1C. The van der Waals surface area contributed by atoms with Gasteiger partial charge in [-0.25, -0.2) is 4.98 Å². The molecule has 2 rings (SSSR count).